The normalized spacial score (nSPS) is 12.5. The van der Waals surface area contributed by atoms with Crippen LogP contribution in [0.2, 0.25) is 0 Å². The lowest BCUT2D eigenvalue weighted by atomic mass is 10.1. The molecular weight excluding hydrogens is 336 g/mol. The van der Waals surface area contributed by atoms with Crippen LogP contribution < -0.4 is 9.62 Å². The Balaban J connectivity index is 2.38. The highest BCUT2D eigenvalue weighted by atomic mass is 32.2. The molecule has 25 heavy (non-hydrogen) atoms. The summed E-state index contributed by atoms with van der Waals surface area (Å²) in [5, 5.41) is 2.88. The average Bonchev–Trinajstić information content (AvgIpc) is 2.55. The van der Waals surface area contributed by atoms with Crippen LogP contribution in [-0.4, -0.2) is 26.6 Å². The largest absolute Gasteiger partial charge is 0.324 e. The van der Waals surface area contributed by atoms with Gasteiger partial charge in [0.05, 0.1) is 11.9 Å². The molecule has 1 N–H and O–H groups in total. The number of anilines is 2. The fraction of sp³-hybridized carbons (Fsp3) is 0.316. The molecule has 0 bridgehead atoms. The number of carbonyl (C=O) groups excluding carboxylic acids is 1. The van der Waals surface area contributed by atoms with Crippen LogP contribution in [0.25, 0.3) is 0 Å². The summed E-state index contributed by atoms with van der Waals surface area (Å²) < 4.78 is 25.9. The van der Waals surface area contributed by atoms with E-state index in [1.165, 1.54) is 4.31 Å². The van der Waals surface area contributed by atoms with Crippen molar-refractivity contribution >= 4 is 27.3 Å². The summed E-state index contributed by atoms with van der Waals surface area (Å²) >= 11 is 0. The standard InChI is InChI=1S/C19H24N2O3S/c1-5-18(19(22)20-17-13-14(2)11-12-15(17)3)21(25(4,23)24)16-9-7-6-8-10-16/h6-13,18H,5H2,1-4H3,(H,20,22). The zero-order chi connectivity index (χ0) is 18.6. The Kier molecular flexibility index (Phi) is 5.85. The summed E-state index contributed by atoms with van der Waals surface area (Å²) in [5.41, 5.74) is 3.13. The maximum atomic E-state index is 12.9. The molecule has 5 nitrogen and oxygen atoms in total. The fourth-order valence-corrected chi connectivity index (χ4v) is 3.93. The molecule has 6 heteroatoms. The second-order valence-corrected chi connectivity index (χ2v) is 7.99. The van der Waals surface area contributed by atoms with E-state index in [2.05, 4.69) is 5.32 Å². The Bertz CT molecular complexity index is 848. The Hall–Kier alpha value is -2.34. The van der Waals surface area contributed by atoms with E-state index in [9.17, 15) is 13.2 Å². The smallest absolute Gasteiger partial charge is 0.248 e. The number of hydrogen-bond acceptors (Lipinski definition) is 3. The first-order valence-electron chi connectivity index (χ1n) is 8.16. The molecular formula is C19H24N2O3S. The van der Waals surface area contributed by atoms with Crippen LogP contribution in [0.3, 0.4) is 0 Å². The number of rotatable bonds is 6. The van der Waals surface area contributed by atoms with Gasteiger partial charge in [0, 0.05) is 5.69 Å². The van der Waals surface area contributed by atoms with Gasteiger partial charge >= 0.3 is 0 Å². The van der Waals surface area contributed by atoms with E-state index in [0.29, 0.717) is 17.8 Å². The molecule has 2 aromatic carbocycles. The molecule has 0 fully saturated rings. The second kappa shape index (κ2) is 7.70. The van der Waals surface area contributed by atoms with Crippen molar-refractivity contribution in [2.45, 2.75) is 33.2 Å². The Morgan fingerprint density at radius 2 is 1.76 bits per heavy atom. The molecule has 0 aliphatic rings. The Labute approximate surface area is 149 Å². The molecule has 2 aromatic rings. The lowest BCUT2D eigenvalue weighted by Gasteiger charge is -2.30. The number of hydrogen-bond donors (Lipinski definition) is 1. The number of para-hydroxylation sites is 1. The first-order chi connectivity index (χ1) is 11.7. The van der Waals surface area contributed by atoms with Gasteiger partial charge in [0.2, 0.25) is 15.9 Å². The quantitative estimate of drug-likeness (QED) is 0.857. The summed E-state index contributed by atoms with van der Waals surface area (Å²) in [5.74, 6) is -0.342. The van der Waals surface area contributed by atoms with Crippen molar-refractivity contribution in [2.24, 2.45) is 0 Å². The van der Waals surface area contributed by atoms with Gasteiger partial charge in [-0.1, -0.05) is 37.3 Å². The third kappa shape index (κ3) is 4.60. The molecule has 134 valence electrons. The van der Waals surface area contributed by atoms with Gasteiger partial charge in [-0.2, -0.15) is 0 Å². The van der Waals surface area contributed by atoms with Crippen molar-refractivity contribution in [3.63, 3.8) is 0 Å². The van der Waals surface area contributed by atoms with Crippen LogP contribution in [0.4, 0.5) is 11.4 Å². The minimum Gasteiger partial charge on any atom is -0.324 e. The first kappa shape index (κ1) is 19.0. The predicted octanol–water partition coefficient (Wildman–Crippen LogP) is 3.49. The molecule has 0 aromatic heterocycles. The van der Waals surface area contributed by atoms with Gasteiger partial charge < -0.3 is 5.32 Å². The molecule has 0 saturated carbocycles. The first-order valence-corrected chi connectivity index (χ1v) is 10.0. The zero-order valence-electron chi connectivity index (χ0n) is 15.0. The highest BCUT2D eigenvalue weighted by molar-refractivity contribution is 7.92. The molecule has 1 amide bonds. The predicted molar refractivity (Wildman–Crippen MR) is 102 cm³/mol. The van der Waals surface area contributed by atoms with Gasteiger partial charge in [-0.15, -0.1) is 0 Å². The summed E-state index contributed by atoms with van der Waals surface area (Å²) in [6, 6.07) is 13.6. The highest BCUT2D eigenvalue weighted by Gasteiger charge is 2.31. The molecule has 0 saturated heterocycles. The molecule has 0 radical (unpaired) electrons. The minimum absolute atomic E-state index is 0.342. The number of benzene rings is 2. The van der Waals surface area contributed by atoms with Crippen molar-refractivity contribution in [3.05, 3.63) is 59.7 Å². The summed E-state index contributed by atoms with van der Waals surface area (Å²) in [6.45, 7) is 5.65. The van der Waals surface area contributed by atoms with Crippen LogP contribution in [-0.2, 0) is 14.8 Å². The zero-order valence-corrected chi connectivity index (χ0v) is 15.8. The third-order valence-electron chi connectivity index (χ3n) is 3.99. The van der Waals surface area contributed by atoms with Crippen LogP contribution in [0.1, 0.15) is 24.5 Å². The molecule has 0 aliphatic heterocycles. The maximum Gasteiger partial charge on any atom is 0.248 e. The van der Waals surface area contributed by atoms with E-state index < -0.39 is 16.1 Å². The van der Waals surface area contributed by atoms with E-state index >= 15 is 0 Å². The molecule has 0 aliphatic carbocycles. The van der Waals surface area contributed by atoms with Crippen molar-refractivity contribution in [1.82, 2.24) is 0 Å². The Morgan fingerprint density at radius 3 is 2.32 bits per heavy atom. The lowest BCUT2D eigenvalue weighted by molar-refractivity contribution is -0.117. The van der Waals surface area contributed by atoms with Gasteiger partial charge in [0.15, 0.2) is 0 Å². The highest BCUT2D eigenvalue weighted by Crippen LogP contribution is 2.24. The van der Waals surface area contributed by atoms with Crippen molar-refractivity contribution in [1.29, 1.82) is 0 Å². The van der Waals surface area contributed by atoms with E-state index in [4.69, 9.17) is 0 Å². The van der Waals surface area contributed by atoms with Gasteiger partial charge in [-0.05, 0) is 49.6 Å². The molecule has 1 unspecified atom stereocenters. The van der Waals surface area contributed by atoms with E-state index in [-0.39, 0.29) is 5.91 Å². The molecule has 0 heterocycles. The topological polar surface area (TPSA) is 66.5 Å². The van der Waals surface area contributed by atoms with Crippen molar-refractivity contribution in [2.75, 3.05) is 15.9 Å². The third-order valence-corrected chi connectivity index (χ3v) is 5.17. The summed E-state index contributed by atoms with van der Waals surface area (Å²) in [7, 11) is -3.61. The Morgan fingerprint density at radius 1 is 1.12 bits per heavy atom. The summed E-state index contributed by atoms with van der Waals surface area (Å²) in [6.07, 6.45) is 1.48. The average molecular weight is 360 g/mol. The fourth-order valence-electron chi connectivity index (χ4n) is 2.72. The van der Waals surface area contributed by atoms with Crippen LogP contribution in [0.5, 0.6) is 0 Å². The number of nitrogens with zero attached hydrogens (tertiary/aromatic N) is 1. The second-order valence-electron chi connectivity index (χ2n) is 6.13. The van der Waals surface area contributed by atoms with E-state index in [0.717, 1.165) is 17.4 Å². The number of sulfonamides is 1. The van der Waals surface area contributed by atoms with Gasteiger partial charge in [-0.25, -0.2) is 8.42 Å². The van der Waals surface area contributed by atoms with Gasteiger partial charge in [0.25, 0.3) is 0 Å². The maximum absolute atomic E-state index is 12.9. The van der Waals surface area contributed by atoms with E-state index in [1.807, 2.05) is 32.0 Å². The monoisotopic (exact) mass is 360 g/mol. The van der Waals surface area contributed by atoms with Crippen LogP contribution >= 0.6 is 0 Å². The SMILES string of the molecule is CCC(C(=O)Nc1cc(C)ccc1C)N(c1ccccc1)S(C)(=O)=O. The number of carbonyl (C=O) groups is 1. The van der Waals surface area contributed by atoms with Gasteiger partial charge in [-0.3, -0.25) is 9.10 Å². The minimum atomic E-state index is -3.61. The molecule has 2 rings (SSSR count). The van der Waals surface area contributed by atoms with Crippen molar-refractivity contribution < 1.29 is 13.2 Å². The molecule has 1 atom stereocenters. The van der Waals surface area contributed by atoms with E-state index in [1.54, 1.807) is 37.3 Å². The number of aryl methyl sites for hydroxylation is 2. The molecule has 0 spiro atoms. The summed E-state index contributed by atoms with van der Waals surface area (Å²) in [4.78, 5) is 12.9. The van der Waals surface area contributed by atoms with Crippen LogP contribution in [0, 0.1) is 13.8 Å². The van der Waals surface area contributed by atoms with Gasteiger partial charge in [0.1, 0.15) is 6.04 Å². The number of nitrogens with one attached hydrogen (secondary N) is 1. The number of amides is 1. The lowest BCUT2D eigenvalue weighted by Crippen LogP contribution is -2.47. The van der Waals surface area contributed by atoms with Crippen molar-refractivity contribution in [3.8, 4) is 0 Å². The van der Waals surface area contributed by atoms with Crippen LogP contribution in [0.15, 0.2) is 48.5 Å².